The van der Waals surface area contributed by atoms with Crippen LogP contribution in [0.25, 0.3) is 85.3 Å². The summed E-state index contributed by atoms with van der Waals surface area (Å²) in [7, 11) is 0. The molecule has 8 heteroatoms. The van der Waals surface area contributed by atoms with E-state index in [4.69, 9.17) is 0 Å². The average Bonchev–Trinajstić information content (AvgIpc) is 3.76. The van der Waals surface area contributed by atoms with E-state index in [-0.39, 0.29) is 0 Å². The van der Waals surface area contributed by atoms with Crippen LogP contribution in [-0.4, -0.2) is 4.57 Å². The second-order valence-electron chi connectivity index (χ2n) is 10.5. The zero-order chi connectivity index (χ0) is 27.1. The molecule has 6 heterocycles. The summed E-state index contributed by atoms with van der Waals surface area (Å²) in [6, 6.07) is 27.3. The third kappa shape index (κ3) is 3.24. The van der Waals surface area contributed by atoms with E-state index in [0.717, 1.165) is 8.95 Å². The Morgan fingerprint density at radius 2 is 0.951 bits per heavy atom. The van der Waals surface area contributed by atoms with Crippen LogP contribution in [0.3, 0.4) is 0 Å². The summed E-state index contributed by atoms with van der Waals surface area (Å²) in [5.74, 6) is 0. The molecule has 10 rings (SSSR count). The fraction of sp³-hybridized carbons (Fsp3) is 0.0303. The molecule has 6 aromatic heterocycles. The summed E-state index contributed by atoms with van der Waals surface area (Å²) < 4.78 is 18.7. The van der Waals surface area contributed by atoms with Crippen molar-refractivity contribution in [2.24, 2.45) is 0 Å². The van der Waals surface area contributed by atoms with Crippen molar-refractivity contribution < 1.29 is 0 Å². The standard InChI is InChI=1S/C33H15Br2NS5/c1-14-2-6-17(7-3-14)36-26-18-8-4-15(34)10-22(18)39-31(26)33-27(36)32-30(41-33)21-13-24-20(12-25(21)40-32)29-28(38-24)19-9-5-16(35)11-23(19)37-29/h2-13H,1H3. The van der Waals surface area contributed by atoms with Crippen LogP contribution in [0.4, 0.5) is 0 Å². The Labute approximate surface area is 270 Å². The number of fused-ring (bicyclic) bond motifs is 14. The predicted molar refractivity (Wildman–Crippen MR) is 195 cm³/mol. The molecule has 0 unspecified atom stereocenters. The molecular formula is C33H15Br2NS5. The monoisotopic (exact) mass is 743 g/mol. The van der Waals surface area contributed by atoms with E-state index >= 15 is 0 Å². The number of benzene rings is 4. The summed E-state index contributed by atoms with van der Waals surface area (Å²) in [5, 5.41) is 5.49. The molecule has 0 radical (unpaired) electrons. The van der Waals surface area contributed by atoms with Crippen molar-refractivity contribution in [3.05, 3.63) is 87.3 Å². The maximum Gasteiger partial charge on any atom is 0.0838 e. The van der Waals surface area contributed by atoms with Crippen molar-refractivity contribution in [3.8, 4) is 5.69 Å². The minimum absolute atomic E-state index is 1.13. The minimum atomic E-state index is 1.13. The highest BCUT2D eigenvalue weighted by Gasteiger charge is 2.25. The zero-order valence-corrected chi connectivity index (χ0v) is 28.4. The van der Waals surface area contributed by atoms with Crippen LogP contribution in [0.2, 0.25) is 0 Å². The predicted octanol–water partition coefficient (Wildman–Crippen LogP) is 13.8. The van der Waals surface area contributed by atoms with E-state index in [2.05, 4.69) is 116 Å². The first-order valence-electron chi connectivity index (χ1n) is 13.0. The topological polar surface area (TPSA) is 4.93 Å². The van der Waals surface area contributed by atoms with Crippen LogP contribution in [0, 0.1) is 6.92 Å². The SMILES string of the molecule is Cc1ccc(-n2c3c4ccc(Br)cc4sc3c3sc4c5cc6sc7c8ccc(Br)cc8sc7c6cc5sc4c32)cc1. The Morgan fingerprint density at radius 1 is 0.463 bits per heavy atom. The van der Waals surface area contributed by atoms with Gasteiger partial charge in [0.15, 0.2) is 0 Å². The van der Waals surface area contributed by atoms with E-state index in [1.807, 2.05) is 56.7 Å². The molecule has 10 aromatic rings. The van der Waals surface area contributed by atoms with Gasteiger partial charge in [0.25, 0.3) is 0 Å². The molecule has 0 saturated heterocycles. The van der Waals surface area contributed by atoms with E-state index in [9.17, 15) is 0 Å². The van der Waals surface area contributed by atoms with Crippen molar-refractivity contribution in [1.29, 1.82) is 0 Å². The van der Waals surface area contributed by atoms with Gasteiger partial charge in [-0.15, -0.1) is 56.7 Å². The molecule has 0 bridgehead atoms. The summed E-state index contributed by atoms with van der Waals surface area (Å²) in [4.78, 5) is 0. The third-order valence-electron chi connectivity index (χ3n) is 8.01. The van der Waals surface area contributed by atoms with Crippen LogP contribution >= 0.6 is 88.5 Å². The smallest absolute Gasteiger partial charge is 0.0838 e. The molecule has 4 aromatic carbocycles. The van der Waals surface area contributed by atoms with Crippen LogP contribution in [0.5, 0.6) is 0 Å². The fourth-order valence-electron chi connectivity index (χ4n) is 6.16. The summed E-state index contributed by atoms with van der Waals surface area (Å²) in [6.45, 7) is 2.16. The average molecular weight is 746 g/mol. The summed E-state index contributed by atoms with van der Waals surface area (Å²) >= 11 is 17.1. The Balaban J connectivity index is 1.33. The Bertz CT molecular complexity index is 2730. The summed E-state index contributed by atoms with van der Waals surface area (Å²) in [6.07, 6.45) is 0. The van der Waals surface area contributed by atoms with Gasteiger partial charge in [0.05, 0.1) is 39.2 Å². The maximum absolute atomic E-state index is 3.70. The van der Waals surface area contributed by atoms with E-state index in [1.54, 1.807) is 0 Å². The van der Waals surface area contributed by atoms with Gasteiger partial charge in [-0.2, -0.15) is 0 Å². The van der Waals surface area contributed by atoms with Crippen LogP contribution in [0.1, 0.15) is 5.56 Å². The molecule has 0 aliphatic rings. The highest BCUT2D eigenvalue weighted by molar-refractivity contribution is 9.10. The van der Waals surface area contributed by atoms with Crippen LogP contribution in [-0.2, 0) is 0 Å². The molecular weight excluding hydrogens is 731 g/mol. The third-order valence-corrected chi connectivity index (χ3v) is 15.3. The van der Waals surface area contributed by atoms with Gasteiger partial charge in [0.1, 0.15) is 0 Å². The molecule has 0 fully saturated rings. The number of aromatic nitrogens is 1. The van der Waals surface area contributed by atoms with Gasteiger partial charge in [0, 0.05) is 55.0 Å². The number of hydrogen-bond acceptors (Lipinski definition) is 5. The van der Waals surface area contributed by atoms with Gasteiger partial charge in [-0.1, -0.05) is 61.7 Å². The van der Waals surface area contributed by atoms with E-state index in [1.165, 1.54) is 90.8 Å². The van der Waals surface area contributed by atoms with E-state index in [0.29, 0.717) is 0 Å². The highest BCUT2D eigenvalue weighted by atomic mass is 79.9. The van der Waals surface area contributed by atoms with Gasteiger partial charge < -0.3 is 4.57 Å². The maximum atomic E-state index is 3.70. The normalized spacial score (nSPS) is 12.8. The largest absolute Gasteiger partial charge is 0.305 e. The van der Waals surface area contributed by atoms with Crippen LogP contribution in [0.15, 0.2) is 81.7 Å². The van der Waals surface area contributed by atoms with Gasteiger partial charge in [0.2, 0.25) is 0 Å². The molecule has 1 nitrogen and oxygen atoms in total. The molecule has 0 aliphatic heterocycles. The quantitative estimate of drug-likeness (QED) is 0.158. The summed E-state index contributed by atoms with van der Waals surface area (Å²) in [5.41, 5.74) is 5.21. The molecule has 0 aliphatic carbocycles. The second-order valence-corrected chi connectivity index (χ2v) is 17.5. The van der Waals surface area contributed by atoms with Crippen molar-refractivity contribution in [3.63, 3.8) is 0 Å². The Morgan fingerprint density at radius 3 is 1.63 bits per heavy atom. The Kier molecular flexibility index (Phi) is 4.96. The first-order valence-corrected chi connectivity index (χ1v) is 18.7. The molecule has 196 valence electrons. The van der Waals surface area contributed by atoms with Crippen molar-refractivity contribution >= 4 is 168 Å². The Hall–Kier alpha value is -2.30. The number of rotatable bonds is 1. The van der Waals surface area contributed by atoms with Gasteiger partial charge in [-0.25, -0.2) is 0 Å². The minimum Gasteiger partial charge on any atom is -0.305 e. The first kappa shape index (κ1) is 24.2. The number of hydrogen-bond donors (Lipinski definition) is 0. The van der Waals surface area contributed by atoms with Crippen molar-refractivity contribution in [1.82, 2.24) is 4.57 Å². The first-order chi connectivity index (χ1) is 20.0. The highest BCUT2D eigenvalue weighted by Crippen LogP contribution is 2.54. The number of aryl methyl sites for hydroxylation is 1. The fourth-order valence-corrected chi connectivity index (χ4v) is 14.0. The number of nitrogens with zero attached hydrogens (tertiary/aromatic N) is 1. The van der Waals surface area contributed by atoms with Gasteiger partial charge in [-0.3, -0.25) is 0 Å². The number of halogens is 2. The molecule has 0 N–H and O–H groups in total. The van der Waals surface area contributed by atoms with Crippen molar-refractivity contribution in [2.75, 3.05) is 0 Å². The lowest BCUT2D eigenvalue weighted by Gasteiger charge is -2.07. The van der Waals surface area contributed by atoms with Gasteiger partial charge in [-0.05, 0) is 55.5 Å². The number of thiophene rings is 5. The van der Waals surface area contributed by atoms with Crippen molar-refractivity contribution in [2.45, 2.75) is 6.92 Å². The van der Waals surface area contributed by atoms with Gasteiger partial charge >= 0.3 is 0 Å². The molecule has 0 amide bonds. The second kappa shape index (κ2) is 8.41. The molecule has 41 heavy (non-hydrogen) atoms. The molecule has 0 saturated carbocycles. The zero-order valence-electron chi connectivity index (χ0n) is 21.2. The van der Waals surface area contributed by atoms with E-state index < -0.39 is 0 Å². The van der Waals surface area contributed by atoms with Crippen LogP contribution < -0.4 is 0 Å². The lowest BCUT2D eigenvalue weighted by molar-refractivity contribution is 1.19. The lowest BCUT2D eigenvalue weighted by atomic mass is 10.2. The molecule has 0 atom stereocenters. The lowest BCUT2D eigenvalue weighted by Crippen LogP contribution is -1.93. The molecule has 0 spiro atoms.